The Labute approximate surface area is 156 Å². The average Bonchev–Trinajstić information content (AvgIpc) is 3.22. The summed E-state index contributed by atoms with van der Waals surface area (Å²) in [5.74, 6) is 1.56. The van der Waals surface area contributed by atoms with E-state index in [1.807, 2.05) is 0 Å². The molecule has 0 aliphatic heterocycles. The molecule has 1 heterocycles. The number of amides is 1. The van der Waals surface area contributed by atoms with Gasteiger partial charge in [-0.3, -0.25) is 4.79 Å². The molecule has 2 N–H and O–H groups in total. The van der Waals surface area contributed by atoms with Crippen LogP contribution < -0.4 is 11.0 Å². The van der Waals surface area contributed by atoms with Gasteiger partial charge in [-0.1, -0.05) is 18.2 Å². The summed E-state index contributed by atoms with van der Waals surface area (Å²) >= 11 is 1.08. The fourth-order valence-electron chi connectivity index (χ4n) is 4.45. The molecule has 0 saturated heterocycles. The summed E-state index contributed by atoms with van der Waals surface area (Å²) in [4.78, 5) is 42.2. The fraction of sp³-hybridized carbons (Fsp3) is 0.667. The third kappa shape index (κ3) is 3.95. The Morgan fingerprint density at radius 1 is 1.38 bits per heavy atom. The van der Waals surface area contributed by atoms with Crippen LogP contribution >= 0.6 is 11.8 Å². The average molecular weight is 379 g/mol. The van der Waals surface area contributed by atoms with E-state index in [0.717, 1.165) is 23.6 Å². The number of hydrogen-bond acceptors (Lipinski definition) is 6. The van der Waals surface area contributed by atoms with Gasteiger partial charge in [-0.15, -0.1) is 0 Å². The van der Waals surface area contributed by atoms with E-state index in [0.29, 0.717) is 11.6 Å². The molecule has 2 fully saturated rings. The summed E-state index contributed by atoms with van der Waals surface area (Å²) in [6, 6.07) is 0.146. The highest BCUT2D eigenvalue weighted by Gasteiger charge is 2.42. The van der Waals surface area contributed by atoms with E-state index in [-0.39, 0.29) is 28.3 Å². The van der Waals surface area contributed by atoms with E-state index in [2.05, 4.69) is 22.2 Å². The highest BCUT2D eigenvalue weighted by Crippen LogP contribution is 2.49. The van der Waals surface area contributed by atoms with E-state index >= 15 is 0 Å². The lowest BCUT2D eigenvalue weighted by molar-refractivity contribution is -0.119. The highest BCUT2D eigenvalue weighted by molar-refractivity contribution is 8.00. The number of thioether (sulfide) groups is 1. The summed E-state index contributed by atoms with van der Waals surface area (Å²) in [6.07, 6.45) is 5.13. The standard InChI is InChI=1S/C18H25N3O4S/c1-9(13-7-11-4-5-12(13)6-11)19-14(22)8-26-16-15(17(23)25-3)10(2)20-18(24)21-16/h9,11-13H,4-8H2,1-3H3,(H,19,22)(H,20,21,24)/t9-,11+,12+,13-/m1/s1. The van der Waals surface area contributed by atoms with E-state index in [9.17, 15) is 14.4 Å². The van der Waals surface area contributed by atoms with Crippen LogP contribution in [0.15, 0.2) is 9.82 Å². The summed E-state index contributed by atoms with van der Waals surface area (Å²) in [5.41, 5.74) is 0.0366. The fourth-order valence-corrected chi connectivity index (χ4v) is 5.33. The van der Waals surface area contributed by atoms with Crippen LogP contribution in [0.3, 0.4) is 0 Å². The number of H-pyrrole nitrogens is 1. The van der Waals surface area contributed by atoms with Crippen molar-refractivity contribution >= 4 is 23.6 Å². The maximum Gasteiger partial charge on any atom is 0.346 e. The van der Waals surface area contributed by atoms with E-state index in [4.69, 9.17) is 4.74 Å². The number of ether oxygens (including phenoxy) is 1. The number of rotatable bonds is 6. The van der Waals surface area contributed by atoms with Crippen LogP contribution in [0.4, 0.5) is 0 Å². The first-order chi connectivity index (χ1) is 12.4. The van der Waals surface area contributed by atoms with Crippen molar-refractivity contribution in [3.8, 4) is 0 Å². The van der Waals surface area contributed by atoms with Gasteiger partial charge in [0.05, 0.1) is 12.9 Å². The molecule has 0 unspecified atom stereocenters. The maximum atomic E-state index is 12.3. The van der Waals surface area contributed by atoms with Gasteiger partial charge in [-0.05, 0) is 50.9 Å². The van der Waals surface area contributed by atoms with Crippen LogP contribution in [0.1, 0.15) is 48.7 Å². The van der Waals surface area contributed by atoms with E-state index in [1.165, 1.54) is 32.8 Å². The lowest BCUT2D eigenvalue weighted by atomic mass is 9.84. The number of aryl methyl sites for hydroxylation is 1. The van der Waals surface area contributed by atoms with Crippen LogP contribution in [0, 0.1) is 24.7 Å². The second-order valence-corrected chi connectivity index (χ2v) is 8.29. The minimum Gasteiger partial charge on any atom is -0.465 e. The topological polar surface area (TPSA) is 101 Å². The molecule has 1 amide bonds. The Balaban J connectivity index is 1.61. The quantitative estimate of drug-likeness (QED) is 0.445. The van der Waals surface area contributed by atoms with Crippen molar-refractivity contribution in [3.05, 3.63) is 21.7 Å². The zero-order valence-corrected chi connectivity index (χ0v) is 16.1. The van der Waals surface area contributed by atoms with E-state index in [1.54, 1.807) is 6.92 Å². The number of nitrogens with zero attached hydrogens (tertiary/aromatic N) is 1. The van der Waals surface area contributed by atoms with E-state index < -0.39 is 11.7 Å². The van der Waals surface area contributed by atoms with Crippen LogP contribution in [-0.2, 0) is 9.53 Å². The SMILES string of the molecule is COC(=O)c1c(SCC(=O)N[C@H](C)[C@H]2C[C@H]3CC[C@H]2C3)nc(=O)[nH]c1C. The summed E-state index contributed by atoms with van der Waals surface area (Å²) in [5, 5.41) is 3.30. The van der Waals surface area contributed by atoms with Crippen molar-refractivity contribution in [2.45, 2.75) is 50.6 Å². The van der Waals surface area contributed by atoms with Crippen LogP contribution in [0.25, 0.3) is 0 Å². The number of fused-ring (bicyclic) bond motifs is 2. The molecule has 7 nitrogen and oxygen atoms in total. The van der Waals surface area contributed by atoms with Gasteiger partial charge in [-0.25, -0.2) is 9.59 Å². The number of nitrogens with one attached hydrogen (secondary N) is 2. The van der Waals surface area contributed by atoms with Gasteiger partial charge in [0, 0.05) is 11.7 Å². The predicted octanol–water partition coefficient (Wildman–Crippen LogP) is 1.90. The van der Waals surface area contributed by atoms with Gasteiger partial charge in [-0.2, -0.15) is 4.98 Å². The van der Waals surface area contributed by atoms with Crippen LogP contribution in [0.5, 0.6) is 0 Å². The Hall–Kier alpha value is -1.83. The zero-order valence-electron chi connectivity index (χ0n) is 15.3. The third-order valence-corrected chi connectivity index (χ3v) is 6.61. The first-order valence-electron chi connectivity index (χ1n) is 9.00. The molecule has 1 aromatic rings. The normalized spacial score (nSPS) is 25.1. The lowest BCUT2D eigenvalue weighted by Gasteiger charge is -2.28. The molecular formula is C18H25N3O4S. The number of carbonyl (C=O) groups excluding carboxylic acids is 2. The Morgan fingerprint density at radius 3 is 2.77 bits per heavy atom. The first kappa shape index (κ1) is 18.9. The number of aromatic nitrogens is 2. The van der Waals surface area contributed by atoms with Crippen molar-refractivity contribution in [2.75, 3.05) is 12.9 Å². The minimum atomic E-state index is -0.579. The second kappa shape index (κ2) is 7.82. The third-order valence-electron chi connectivity index (χ3n) is 5.64. The van der Waals surface area contributed by atoms with Gasteiger partial charge in [0.25, 0.3) is 0 Å². The minimum absolute atomic E-state index is 0.102. The number of methoxy groups -OCH3 is 1. The molecule has 2 aliphatic carbocycles. The molecular weight excluding hydrogens is 354 g/mol. The monoisotopic (exact) mass is 379 g/mol. The van der Waals surface area contributed by atoms with Crippen molar-refractivity contribution in [2.24, 2.45) is 17.8 Å². The number of hydrogen-bond donors (Lipinski definition) is 2. The van der Waals surface area contributed by atoms with Gasteiger partial charge >= 0.3 is 11.7 Å². The predicted molar refractivity (Wildman–Crippen MR) is 98.2 cm³/mol. The van der Waals surface area contributed by atoms with Crippen molar-refractivity contribution in [1.29, 1.82) is 0 Å². The summed E-state index contributed by atoms with van der Waals surface area (Å²) in [6.45, 7) is 3.68. The Kier molecular flexibility index (Phi) is 5.70. The van der Waals surface area contributed by atoms with Crippen molar-refractivity contribution < 1.29 is 14.3 Å². The summed E-state index contributed by atoms with van der Waals surface area (Å²) < 4.78 is 4.75. The van der Waals surface area contributed by atoms with Gasteiger partial charge in [0.1, 0.15) is 10.6 Å². The molecule has 0 spiro atoms. The zero-order chi connectivity index (χ0) is 18.8. The van der Waals surface area contributed by atoms with Gasteiger partial charge < -0.3 is 15.0 Å². The molecule has 0 radical (unpaired) electrons. The Bertz CT molecular complexity index is 763. The highest BCUT2D eigenvalue weighted by atomic mass is 32.2. The number of esters is 1. The maximum absolute atomic E-state index is 12.3. The number of aromatic amines is 1. The molecule has 26 heavy (non-hydrogen) atoms. The molecule has 4 atom stereocenters. The smallest absolute Gasteiger partial charge is 0.346 e. The van der Waals surface area contributed by atoms with Crippen molar-refractivity contribution in [1.82, 2.24) is 15.3 Å². The number of carbonyl (C=O) groups is 2. The second-order valence-electron chi connectivity index (χ2n) is 7.32. The molecule has 2 aliphatic rings. The lowest BCUT2D eigenvalue weighted by Crippen LogP contribution is -2.41. The van der Waals surface area contributed by atoms with Gasteiger partial charge in [0.2, 0.25) is 5.91 Å². The molecule has 142 valence electrons. The molecule has 0 aromatic carbocycles. The van der Waals surface area contributed by atoms with Crippen molar-refractivity contribution in [3.63, 3.8) is 0 Å². The largest absolute Gasteiger partial charge is 0.465 e. The molecule has 1 aromatic heterocycles. The van der Waals surface area contributed by atoms with Crippen LogP contribution in [-0.4, -0.2) is 40.7 Å². The summed E-state index contributed by atoms with van der Waals surface area (Å²) in [7, 11) is 1.27. The molecule has 3 rings (SSSR count). The first-order valence-corrected chi connectivity index (χ1v) is 9.99. The Morgan fingerprint density at radius 2 is 2.15 bits per heavy atom. The molecule has 8 heteroatoms. The molecule has 2 bridgehead atoms. The van der Waals surface area contributed by atoms with Gasteiger partial charge in [0.15, 0.2) is 0 Å². The van der Waals surface area contributed by atoms with Crippen LogP contribution in [0.2, 0.25) is 0 Å². The molecule has 2 saturated carbocycles.